The van der Waals surface area contributed by atoms with Crippen molar-refractivity contribution in [2.24, 2.45) is 0 Å². The predicted molar refractivity (Wildman–Crippen MR) is 103 cm³/mol. The summed E-state index contributed by atoms with van der Waals surface area (Å²) in [6, 6.07) is 21.5. The maximum absolute atomic E-state index is 12.4. The van der Waals surface area contributed by atoms with Crippen LogP contribution in [0.2, 0.25) is 0 Å². The number of rotatable bonds is 6. The second kappa shape index (κ2) is 8.31. The minimum absolute atomic E-state index is 0.134. The Bertz CT molecular complexity index is 841. The van der Waals surface area contributed by atoms with Gasteiger partial charge in [0.15, 0.2) is 0 Å². The van der Waals surface area contributed by atoms with Gasteiger partial charge in [-0.15, -0.1) is 11.3 Å². The van der Waals surface area contributed by atoms with Crippen molar-refractivity contribution in [2.75, 3.05) is 7.11 Å². The van der Waals surface area contributed by atoms with Gasteiger partial charge in [0.05, 0.1) is 13.2 Å². The van der Waals surface area contributed by atoms with E-state index in [1.54, 1.807) is 30.6 Å². The number of methoxy groups -OCH3 is 1. The fraction of sp³-hybridized carbons (Fsp3) is 0.0952. The quantitative estimate of drug-likeness (QED) is 0.657. The second-order valence-corrected chi connectivity index (χ2v) is 6.46. The molecule has 1 aromatic heterocycles. The Hall–Kier alpha value is -2.85. The molecule has 4 heteroatoms. The van der Waals surface area contributed by atoms with Crippen LogP contribution < -0.4 is 10.1 Å². The van der Waals surface area contributed by atoms with Gasteiger partial charge in [0.2, 0.25) is 5.91 Å². The number of hydrogen-bond acceptors (Lipinski definition) is 3. The van der Waals surface area contributed by atoms with E-state index in [1.165, 1.54) is 0 Å². The third kappa shape index (κ3) is 4.58. The van der Waals surface area contributed by atoms with Crippen molar-refractivity contribution in [3.8, 4) is 5.75 Å². The number of benzene rings is 2. The fourth-order valence-corrected chi connectivity index (χ4v) is 3.33. The standard InChI is InChI=1S/C21H19NO2S/c1-24-18-10-5-7-16(15-18)12-13-20(23)22-21(19-11-6-14-25-19)17-8-3-2-4-9-17/h2-15,21H,1H3,(H,22,23)/b13-12+. The lowest BCUT2D eigenvalue weighted by atomic mass is 10.1. The zero-order chi connectivity index (χ0) is 17.5. The number of carbonyl (C=O) groups excluding carboxylic acids is 1. The highest BCUT2D eigenvalue weighted by Crippen LogP contribution is 2.26. The fourth-order valence-electron chi connectivity index (χ4n) is 2.53. The Balaban J connectivity index is 1.75. The molecule has 0 aliphatic carbocycles. The third-order valence-corrected chi connectivity index (χ3v) is 4.71. The normalized spacial score (nSPS) is 12.0. The Kier molecular flexibility index (Phi) is 5.65. The van der Waals surface area contributed by atoms with Crippen LogP contribution in [-0.4, -0.2) is 13.0 Å². The maximum atomic E-state index is 12.4. The van der Waals surface area contributed by atoms with Gasteiger partial charge in [-0.1, -0.05) is 48.5 Å². The summed E-state index contributed by atoms with van der Waals surface area (Å²) >= 11 is 1.63. The molecule has 0 saturated heterocycles. The summed E-state index contributed by atoms with van der Waals surface area (Å²) in [6.07, 6.45) is 3.34. The number of thiophene rings is 1. The van der Waals surface area contributed by atoms with E-state index in [9.17, 15) is 4.79 Å². The third-order valence-electron chi connectivity index (χ3n) is 3.77. The summed E-state index contributed by atoms with van der Waals surface area (Å²) in [6.45, 7) is 0. The van der Waals surface area contributed by atoms with Crippen molar-refractivity contribution >= 4 is 23.3 Å². The first-order valence-corrected chi connectivity index (χ1v) is 8.85. The maximum Gasteiger partial charge on any atom is 0.244 e. The summed E-state index contributed by atoms with van der Waals surface area (Å²) in [5.41, 5.74) is 1.98. The van der Waals surface area contributed by atoms with Crippen LogP contribution in [0.4, 0.5) is 0 Å². The van der Waals surface area contributed by atoms with Crippen molar-refractivity contribution in [1.29, 1.82) is 0 Å². The summed E-state index contributed by atoms with van der Waals surface area (Å²) in [4.78, 5) is 13.5. The molecule has 3 aromatic rings. The van der Waals surface area contributed by atoms with Crippen molar-refractivity contribution in [1.82, 2.24) is 5.32 Å². The van der Waals surface area contributed by atoms with Gasteiger partial charge in [0.1, 0.15) is 5.75 Å². The molecule has 1 unspecified atom stereocenters. The average molecular weight is 349 g/mol. The molecule has 1 N–H and O–H groups in total. The zero-order valence-corrected chi connectivity index (χ0v) is 14.7. The van der Waals surface area contributed by atoms with Crippen LogP contribution in [-0.2, 0) is 4.79 Å². The molecule has 0 aliphatic heterocycles. The van der Waals surface area contributed by atoms with Gasteiger partial charge in [-0.25, -0.2) is 0 Å². The first-order chi connectivity index (χ1) is 12.3. The van der Waals surface area contributed by atoms with Crippen LogP contribution >= 0.6 is 11.3 Å². The minimum Gasteiger partial charge on any atom is -0.497 e. The van der Waals surface area contributed by atoms with E-state index < -0.39 is 0 Å². The van der Waals surface area contributed by atoms with E-state index >= 15 is 0 Å². The molecule has 1 heterocycles. The van der Waals surface area contributed by atoms with Gasteiger partial charge < -0.3 is 10.1 Å². The second-order valence-electron chi connectivity index (χ2n) is 5.48. The van der Waals surface area contributed by atoms with Gasteiger partial charge in [-0.3, -0.25) is 4.79 Å². The zero-order valence-electron chi connectivity index (χ0n) is 13.9. The van der Waals surface area contributed by atoms with Gasteiger partial charge in [-0.05, 0) is 40.8 Å². The first kappa shape index (κ1) is 17.0. The number of amides is 1. The molecule has 126 valence electrons. The molecule has 1 amide bonds. The minimum atomic E-state index is -0.149. The Morgan fingerprint density at radius 1 is 1.08 bits per heavy atom. The molecular formula is C21H19NO2S. The van der Waals surface area contributed by atoms with E-state index in [0.717, 1.165) is 21.8 Å². The average Bonchev–Trinajstić information content (AvgIpc) is 3.20. The highest BCUT2D eigenvalue weighted by atomic mass is 32.1. The van der Waals surface area contributed by atoms with E-state index in [1.807, 2.05) is 72.1 Å². The lowest BCUT2D eigenvalue weighted by molar-refractivity contribution is -0.116. The monoisotopic (exact) mass is 349 g/mol. The van der Waals surface area contributed by atoms with Crippen molar-refractivity contribution < 1.29 is 9.53 Å². The lowest BCUT2D eigenvalue weighted by Gasteiger charge is -2.17. The molecular weight excluding hydrogens is 330 g/mol. The first-order valence-electron chi connectivity index (χ1n) is 7.97. The lowest BCUT2D eigenvalue weighted by Crippen LogP contribution is -2.27. The van der Waals surface area contributed by atoms with E-state index in [4.69, 9.17) is 4.74 Å². The molecule has 0 bridgehead atoms. The number of hydrogen-bond donors (Lipinski definition) is 1. The summed E-state index contributed by atoms with van der Waals surface area (Å²) in [5.74, 6) is 0.633. The molecule has 25 heavy (non-hydrogen) atoms. The van der Waals surface area contributed by atoms with Gasteiger partial charge >= 0.3 is 0 Å². The van der Waals surface area contributed by atoms with Crippen LogP contribution in [0, 0.1) is 0 Å². The molecule has 1 atom stereocenters. The van der Waals surface area contributed by atoms with Crippen molar-refractivity contribution in [3.63, 3.8) is 0 Å². The molecule has 0 fully saturated rings. The van der Waals surface area contributed by atoms with Crippen LogP contribution in [0.1, 0.15) is 22.0 Å². The molecule has 0 spiro atoms. The Labute approximate surface area is 151 Å². The number of ether oxygens (including phenoxy) is 1. The van der Waals surface area contributed by atoms with Crippen molar-refractivity contribution in [3.05, 3.63) is 94.2 Å². The van der Waals surface area contributed by atoms with Crippen LogP contribution in [0.5, 0.6) is 5.75 Å². The van der Waals surface area contributed by atoms with E-state index in [2.05, 4.69) is 5.32 Å². The summed E-state index contributed by atoms with van der Waals surface area (Å²) in [7, 11) is 1.63. The molecule has 0 aliphatic rings. The highest BCUT2D eigenvalue weighted by Gasteiger charge is 2.16. The topological polar surface area (TPSA) is 38.3 Å². The van der Waals surface area contributed by atoms with Gasteiger partial charge in [0.25, 0.3) is 0 Å². The molecule has 0 radical (unpaired) electrons. The van der Waals surface area contributed by atoms with Crippen LogP contribution in [0.15, 0.2) is 78.2 Å². The van der Waals surface area contributed by atoms with Gasteiger partial charge in [0, 0.05) is 11.0 Å². The number of carbonyl (C=O) groups is 1. The molecule has 0 saturated carbocycles. The molecule has 3 rings (SSSR count). The Morgan fingerprint density at radius 2 is 1.92 bits per heavy atom. The van der Waals surface area contributed by atoms with Gasteiger partial charge in [-0.2, -0.15) is 0 Å². The summed E-state index contributed by atoms with van der Waals surface area (Å²) < 4.78 is 5.20. The van der Waals surface area contributed by atoms with E-state index in [0.29, 0.717) is 0 Å². The molecule has 3 nitrogen and oxygen atoms in total. The van der Waals surface area contributed by atoms with Crippen molar-refractivity contribution in [2.45, 2.75) is 6.04 Å². The summed E-state index contributed by atoms with van der Waals surface area (Å²) in [5, 5.41) is 5.11. The Morgan fingerprint density at radius 3 is 2.64 bits per heavy atom. The van der Waals surface area contributed by atoms with E-state index in [-0.39, 0.29) is 11.9 Å². The molecule has 2 aromatic carbocycles. The van der Waals surface area contributed by atoms with Crippen LogP contribution in [0.3, 0.4) is 0 Å². The predicted octanol–water partition coefficient (Wildman–Crippen LogP) is 4.68. The van der Waals surface area contributed by atoms with Crippen LogP contribution in [0.25, 0.3) is 6.08 Å². The largest absolute Gasteiger partial charge is 0.497 e. The highest BCUT2D eigenvalue weighted by molar-refractivity contribution is 7.10. The number of nitrogens with one attached hydrogen (secondary N) is 1. The smallest absolute Gasteiger partial charge is 0.244 e. The SMILES string of the molecule is COc1cccc(/C=C/C(=O)NC(c2ccccc2)c2cccs2)c1.